The van der Waals surface area contributed by atoms with Gasteiger partial charge >= 0.3 is 0 Å². The van der Waals surface area contributed by atoms with Crippen molar-refractivity contribution in [3.63, 3.8) is 0 Å². The lowest BCUT2D eigenvalue weighted by Crippen LogP contribution is -2.43. The van der Waals surface area contributed by atoms with Gasteiger partial charge in [0.05, 0.1) is 23.4 Å². The summed E-state index contributed by atoms with van der Waals surface area (Å²) in [6.07, 6.45) is 0.194. The fourth-order valence-corrected chi connectivity index (χ4v) is 2.44. The Morgan fingerprint density at radius 2 is 2.17 bits per heavy atom. The molecule has 1 saturated heterocycles. The Kier molecular flexibility index (Phi) is 4.73. The molecule has 2 rings (SSSR count). The van der Waals surface area contributed by atoms with Gasteiger partial charge in [-0.15, -0.1) is 0 Å². The number of ether oxygens (including phenoxy) is 1. The zero-order valence-corrected chi connectivity index (χ0v) is 12.2. The standard InChI is InChI=1S/C13H18Cl2N2O/c1-9-5-12(15)13(6-11(9)14)16-7-10-8-17(2)3-4-18-10/h5-6,10,16H,3-4,7-8H2,1-2H3. The van der Waals surface area contributed by atoms with Gasteiger partial charge in [0.25, 0.3) is 0 Å². The first kappa shape index (κ1) is 13.9. The summed E-state index contributed by atoms with van der Waals surface area (Å²) in [7, 11) is 2.10. The topological polar surface area (TPSA) is 24.5 Å². The fraction of sp³-hybridized carbons (Fsp3) is 0.538. The number of halogens is 2. The molecule has 100 valence electrons. The molecule has 1 aliphatic rings. The minimum atomic E-state index is 0.194. The van der Waals surface area contributed by atoms with Gasteiger partial charge in [0.1, 0.15) is 0 Å². The van der Waals surface area contributed by atoms with Crippen LogP contribution in [0.3, 0.4) is 0 Å². The number of nitrogens with zero attached hydrogens (tertiary/aromatic N) is 1. The molecule has 5 heteroatoms. The molecule has 1 aromatic rings. The van der Waals surface area contributed by atoms with Crippen molar-refractivity contribution in [1.29, 1.82) is 0 Å². The number of rotatable bonds is 3. The number of likely N-dealkylation sites (N-methyl/N-ethyl adjacent to an activating group) is 1. The molecular formula is C13H18Cl2N2O. The van der Waals surface area contributed by atoms with Gasteiger partial charge in [-0.2, -0.15) is 0 Å². The Balaban J connectivity index is 1.95. The Morgan fingerprint density at radius 1 is 1.39 bits per heavy atom. The molecule has 0 aromatic heterocycles. The Hall–Kier alpha value is -0.480. The van der Waals surface area contributed by atoms with Crippen molar-refractivity contribution in [2.75, 3.05) is 38.6 Å². The normalized spacial score (nSPS) is 21.0. The van der Waals surface area contributed by atoms with Gasteiger partial charge < -0.3 is 15.0 Å². The molecule has 0 saturated carbocycles. The van der Waals surface area contributed by atoms with E-state index in [9.17, 15) is 0 Å². The van der Waals surface area contributed by atoms with Gasteiger partial charge in [0.2, 0.25) is 0 Å². The van der Waals surface area contributed by atoms with Crippen LogP contribution in [0.15, 0.2) is 12.1 Å². The van der Waals surface area contributed by atoms with E-state index >= 15 is 0 Å². The van der Waals surface area contributed by atoms with E-state index in [0.29, 0.717) is 5.02 Å². The molecule has 0 bridgehead atoms. The van der Waals surface area contributed by atoms with Crippen LogP contribution in [-0.4, -0.2) is 44.3 Å². The largest absolute Gasteiger partial charge is 0.381 e. The SMILES string of the molecule is Cc1cc(Cl)c(NCC2CN(C)CCO2)cc1Cl. The second-order valence-electron chi connectivity index (χ2n) is 4.72. The number of hydrogen-bond acceptors (Lipinski definition) is 3. The first-order valence-electron chi connectivity index (χ1n) is 6.06. The number of hydrogen-bond donors (Lipinski definition) is 1. The average molecular weight is 289 g/mol. The highest BCUT2D eigenvalue weighted by Crippen LogP contribution is 2.28. The summed E-state index contributed by atoms with van der Waals surface area (Å²) in [5.74, 6) is 0. The van der Waals surface area contributed by atoms with Crippen molar-refractivity contribution < 1.29 is 4.74 Å². The molecule has 1 aliphatic heterocycles. The van der Waals surface area contributed by atoms with Crippen molar-refractivity contribution >= 4 is 28.9 Å². The van der Waals surface area contributed by atoms with Crippen molar-refractivity contribution in [3.05, 3.63) is 27.7 Å². The third-order valence-corrected chi connectivity index (χ3v) is 3.83. The van der Waals surface area contributed by atoms with E-state index in [1.807, 2.05) is 19.1 Å². The maximum Gasteiger partial charge on any atom is 0.0874 e. The van der Waals surface area contributed by atoms with Crippen LogP contribution in [0, 0.1) is 6.92 Å². The average Bonchev–Trinajstić information content (AvgIpc) is 2.32. The zero-order chi connectivity index (χ0) is 13.1. The second kappa shape index (κ2) is 6.11. The Bertz CT molecular complexity index is 426. The van der Waals surface area contributed by atoms with Crippen LogP contribution in [-0.2, 0) is 4.74 Å². The van der Waals surface area contributed by atoms with E-state index in [0.717, 1.165) is 42.5 Å². The smallest absolute Gasteiger partial charge is 0.0874 e. The van der Waals surface area contributed by atoms with E-state index in [-0.39, 0.29) is 6.10 Å². The quantitative estimate of drug-likeness (QED) is 0.925. The molecule has 1 unspecified atom stereocenters. The first-order chi connectivity index (χ1) is 8.56. The van der Waals surface area contributed by atoms with Crippen LogP contribution >= 0.6 is 23.2 Å². The number of anilines is 1. The highest BCUT2D eigenvalue weighted by Gasteiger charge is 2.17. The van der Waals surface area contributed by atoms with Gasteiger partial charge in [0.15, 0.2) is 0 Å². The van der Waals surface area contributed by atoms with Crippen LogP contribution in [0.2, 0.25) is 10.0 Å². The van der Waals surface area contributed by atoms with Crippen LogP contribution in [0.5, 0.6) is 0 Å². The minimum Gasteiger partial charge on any atom is -0.381 e. The van der Waals surface area contributed by atoms with E-state index in [1.165, 1.54) is 0 Å². The maximum atomic E-state index is 6.18. The lowest BCUT2D eigenvalue weighted by Gasteiger charge is -2.30. The summed E-state index contributed by atoms with van der Waals surface area (Å²) in [5.41, 5.74) is 1.85. The lowest BCUT2D eigenvalue weighted by atomic mass is 10.2. The third kappa shape index (κ3) is 3.51. The summed E-state index contributed by atoms with van der Waals surface area (Å²) in [4.78, 5) is 2.26. The molecule has 1 atom stereocenters. The summed E-state index contributed by atoms with van der Waals surface area (Å²) in [6.45, 7) is 5.39. The zero-order valence-electron chi connectivity index (χ0n) is 10.7. The van der Waals surface area contributed by atoms with Crippen molar-refractivity contribution in [1.82, 2.24) is 4.90 Å². The van der Waals surface area contributed by atoms with Gasteiger partial charge in [-0.05, 0) is 31.7 Å². The van der Waals surface area contributed by atoms with Gasteiger partial charge in [-0.3, -0.25) is 0 Å². The van der Waals surface area contributed by atoms with Crippen molar-refractivity contribution in [2.45, 2.75) is 13.0 Å². The summed E-state index contributed by atoms with van der Waals surface area (Å²) >= 11 is 12.3. The van der Waals surface area contributed by atoms with Crippen LogP contribution < -0.4 is 5.32 Å². The van der Waals surface area contributed by atoms with Crippen LogP contribution in [0.4, 0.5) is 5.69 Å². The Morgan fingerprint density at radius 3 is 2.89 bits per heavy atom. The van der Waals surface area contributed by atoms with Crippen molar-refractivity contribution in [2.24, 2.45) is 0 Å². The molecule has 0 spiro atoms. The van der Waals surface area contributed by atoms with E-state index in [1.54, 1.807) is 0 Å². The van der Waals surface area contributed by atoms with Crippen molar-refractivity contribution in [3.8, 4) is 0 Å². The molecule has 1 aromatic carbocycles. The molecule has 1 fully saturated rings. The third-order valence-electron chi connectivity index (χ3n) is 3.11. The second-order valence-corrected chi connectivity index (χ2v) is 5.53. The molecule has 0 aliphatic carbocycles. The molecule has 18 heavy (non-hydrogen) atoms. The Labute approximate surface area is 118 Å². The summed E-state index contributed by atoms with van der Waals surface area (Å²) < 4.78 is 5.68. The molecule has 1 N–H and O–H groups in total. The number of benzene rings is 1. The van der Waals surface area contributed by atoms with E-state index < -0.39 is 0 Å². The predicted molar refractivity (Wildman–Crippen MR) is 76.9 cm³/mol. The first-order valence-corrected chi connectivity index (χ1v) is 6.81. The summed E-state index contributed by atoms with van der Waals surface area (Å²) in [6, 6.07) is 3.74. The number of nitrogens with one attached hydrogen (secondary N) is 1. The monoisotopic (exact) mass is 288 g/mol. The minimum absolute atomic E-state index is 0.194. The molecule has 0 amide bonds. The van der Waals surface area contributed by atoms with E-state index in [4.69, 9.17) is 27.9 Å². The lowest BCUT2D eigenvalue weighted by molar-refractivity contribution is -0.0117. The number of aryl methyl sites for hydroxylation is 1. The number of morpholine rings is 1. The maximum absolute atomic E-state index is 6.18. The highest BCUT2D eigenvalue weighted by molar-refractivity contribution is 6.35. The molecular weight excluding hydrogens is 271 g/mol. The van der Waals surface area contributed by atoms with Gasteiger partial charge in [-0.1, -0.05) is 23.2 Å². The highest BCUT2D eigenvalue weighted by atomic mass is 35.5. The molecule has 3 nitrogen and oxygen atoms in total. The predicted octanol–water partition coefficient (Wildman–Crippen LogP) is 3.04. The summed E-state index contributed by atoms with van der Waals surface area (Å²) in [5, 5.41) is 4.72. The van der Waals surface area contributed by atoms with Gasteiger partial charge in [0, 0.05) is 24.7 Å². The van der Waals surface area contributed by atoms with Crippen LogP contribution in [0.1, 0.15) is 5.56 Å². The van der Waals surface area contributed by atoms with E-state index in [2.05, 4.69) is 17.3 Å². The molecule has 1 heterocycles. The van der Waals surface area contributed by atoms with Crippen LogP contribution in [0.25, 0.3) is 0 Å². The molecule has 0 radical (unpaired) electrons. The fourth-order valence-electron chi connectivity index (χ4n) is 2.00. The van der Waals surface area contributed by atoms with Gasteiger partial charge in [-0.25, -0.2) is 0 Å².